The molecule has 0 spiro atoms. The molecule has 0 atom stereocenters. The summed E-state index contributed by atoms with van der Waals surface area (Å²) in [5, 5.41) is 5.19. The van der Waals surface area contributed by atoms with Crippen molar-refractivity contribution in [1.82, 2.24) is 15.5 Å². The standard InChI is InChI=1S/C22H23N3O3S/c1-28-12-11-25-17-10-6-5-9-15(17)16(13-18(25)14-7-3-2-4-8-14)19-20(26)23-22(29)24-21(19)27/h2-4,7-8,13H,5-6,9-12H2,1H3,(H2,23,24,26,27,29). The Morgan fingerprint density at radius 1 is 1.07 bits per heavy atom. The number of hydrogen-bond donors (Lipinski definition) is 2. The number of nitrogens with one attached hydrogen (secondary N) is 2. The predicted molar refractivity (Wildman–Crippen MR) is 114 cm³/mol. The van der Waals surface area contributed by atoms with Crippen LogP contribution < -0.4 is 10.6 Å². The van der Waals surface area contributed by atoms with Crippen LogP contribution in [0.3, 0.4) is 0 Å². The van der Waals surface area contributed by atoms with Gasteiger partial charge in [-0.05, 0) is 60.7 Å². The first-order valence-corrected chi connectivity index (χ1v) is 10.2. The fourth-order valence-electron chi connectivity index (χ4n) is 4.14. The van der Waals surface area contributed by atoms with E-state index in [-0.39, 0.29) is 10.7 Å². The SMILES string of the molecule is COCCN1C(c2ccccc2)=CC(=C2C(=O)NC(=S)NC2=O)C2=C1CCCC2. The number of allylic oxidation sites excluding steroid dienone is 4. The second kappa shape index (κ2) is 8.31. The lowest BCUT2D eigenvalue weighted by molar-refractivity contribution is -0.123. The van der Waals surface area contributed by atoms with Gasteiger partial charge < -0.3 is 9.64 Å². The van der Waals surface area contributed by atoms with E-state index in [2.05, 4.69) is 15.5 Å². The molecule has 0 radical (unpaired) electrons. The number of ether oxygens (including phenoxy) is 1. The van der Waals surface area contributed by atoms with Gasteiger partial charge in [-0.25, -0.2) is 0 Å². The number of thiocarbonyl (C=S) groups is 1. The van der Waals surface area contributed by atoms with Gasteiger partial charge in [-0.1, -0.05) is 30.3 Å². The van der Waals surface area contributed by atoms with E-state index in [1.165, 1.54) is 5.70 Å². The molecule has 1 fully saturated rings. The number of methoxy groups -OCH3 is 1. The number of benzene rings is 1. The lowest BCUT2D eigenvalue weighted by Gasteiger charge is -2.39. The summed E-state index contributed by atoms with van der Waals surface area (Å²) in [4.78, 5) is 27.6. The Morgan fingerprint density at radius 3 is 2.45 bits per heavy atom. The van der Waals surface area contributed by atoms with Crippen LogP contribution in [0, 0.1) is 0 Å². The molecule has 0 saturated carbocycles. The van der Waals surface area contributed by atoms with Gasteiger partial charge in [-0.2, -0.15) is 0 Å². The van der Waals surface area contributed by atoms with Crippen molar-refractivity contribution in [1.29, 1.82) is 0 Å². The number of hydrogen-bond acceptors (Lipinski definition) is 5. The number of carbonyl (C=O) groups excluding carboxylic acids is 2. The lowest BCUT2D eigenvalue weighted by atomic mass is 9.83. The molecule has 2 heterocycles. The van der Waals surface area contributed by atoms with E-state index < -0.39 is 11.8 Å². The minimum absolute atomic E-state index is 0.0481. The molecule has 2 aliphatic heterocycles. The summed E-state index contributed by atoms with van der Waals surface area (Å²) < 4.78 is 5.35. The number of rotatable bonds is 4. The molecule has 3 aliphatic rings. The van der Waals surface area contributed by atoms with Crippen LogP contribution in [0.25, 0.3) is 5.70 Å². The van der Waals surface area contributed by atoms with E-state index in [1.807, 2.05) is 36.4 Å². The molecule has 1 aromatic carbocycles. The molecule has 0 unspecified atom stereocenters. The third kappa shape index (κ3) is 3.75. The zero-order chi connectivity index (χ0) is 20.4. The number of amides is 2. The van der Waals surface area contributed by atoms with Gasteiger partial charge >= 0.3 is 0 Å². The first-order chi connectivity index (χ1) is 14.1. The van der Waals surface area contributed by atoms with Crippen molar-refractivity contribution in [2.24, 2.45) is 0 Å². The van der Waals surface area contributed by atoms with Crippen LogP contribution in [0.2, 0.25) is 0 Å². The monoisotopic (exact) mass is 409 g/mol. The van der Waals surface area contributed by atoms with Gasteiger partial charge in [0.15, 0.2) is 5.11 Å². The molecule has 29 heavy (non-hydrogen) atoms. The smallest absolute Gasteiger partial charge is 0.263 e. The molecule has 6 nitrogen and oxygen atoms in total. The third-order valence-electron chi connectivity index (χ3n) is 5.43. The van der Waals surface area contributed by atoms with Gasteiger partial charge in [0.25, 0.3) is 11.8 Å². The molecular formula is C22H23N3O3S. The summed E-state index contributed by atoms with van der Waals surface area (Å²) in [7, 11) is 1.69. The highest BCUT2D eigenvalue weighted by Crippen LogP contribution is 2.42. The quantitative estimate of drug-likeness (QED) is 0.455. The molecule has 7 heteroatoms. The van der Waals surface area contributed by atoms with E-state index in [4.69, 9.17) is 17.0 Å². The second-order valence-corrected chi connectivity index (χ2v) is 7.61. The molecule has 2 N–H and O–H groups in total. The zero-order valence-electron chi connectivity index (χ0n) is 16.3. The van der Waals surface area contributed by atoms with Crippen molar-refractivity contribution < 1.29 is 14.3 Å². The zero-order valence-corrected chi connectivity index (χ0v) is 17.1. The van der Waals surface area contributed by atoms with Crippen molar-refractivity contribution in [2.75, 3.05) is 20.3 Å². The first-order valence-electron chi connectivity index (χ1n) is 9.77. The van der Waals surface area contributed by atoms with Gasteiger partial charge in [-0.3, -0.25) is 20.2 Å². The largest absolute Gasteiger partial charge is 0.383 e. The van der Waals surface area contributed by atoms with Crippen LogP contribution in [0.4, 0.5) is 0 Å². The van der Waals surface area contributed by atoms with E-state index in [1.54, 1.807) is 7.11 Å². The summed E-state index contributed by atoms with van der Waals surface area (Å²) >= 11 is 4.96. The summed E-state index contributed by atoms with van der Waals surface area (Å²) in [5.74, 6) is -0.889. The average Bonchev–Trinajstić information content (AvgIpc) is 2.72. The van der Waals surface area contributed by atoms with E-state index in [9.17, 15) is 9.59 Å². The Morgan fingerprint density at radius 2 is 1.76 bits per heavy atom. The Balaban J connectivity index is 1.91. The minimum Gasteiger partial charge on any atom is -0.383 e. The molecule has 1 aliphatic carbocycles. The predicted octanol–water partition coefficient (Wildman–Crippen LogP) is 2.65. The minimum atomic E-state index is -0.444. The molecule has 0 aromatic heterocycles. The van der Waals surface area contributed by atoms with Crippen LogP contribution in [0.15, 0.2) is 58.8 Å². The van der Waals surface area contributed by atoms with Crippen LogP contribution in [0.1, 0.15) is 31.2 Å². The Kier molecular flexibility index (Phi) is 5.60. The maximum atomic E-state index is 12.7. The van der Waals surface area contributed by atoms with Crippen molar-refractivity contribution in [2.45, 2.75) is 25.7 Å². The molecule has 1 saturated heterocycles. The van der Waals surface area contributed by atoms with Gasteiger partial charge in [-0.15, -0.1) is 0 Å². The Bertz CT molecular complexity index is 941. The number of carbonyl (C=O) groups is 2. The molecule has 4 rings (SSSR count). The summed E-state index contributed by atoms with van der Waals surface area (Å²) in [6.45, 7) is 1.29. The average molecular weight is 410 g/mol. The van der Waals surface area contributed by atoms with Crippen molar-refractivity contribution >= 4 is 34.8 Å². The van der Waals surface area contributed by atoms with Crippen molar-refractivity contribution in [3.8, 4) is 0 Å². The fourth-order valence-corrected chi connectivity index (χ4v) is 4.33. The molecule has 0 bridgehead atoms. The normalized spacial score (nSPS) is 19.7. The van der Waals surface area contributed by atoms with Crippen LogP contribution in [-0.2, 0) is 14.3 Å². The second-order valence-electron chi connectivity index (χ2n) is 7.20. The highest BCUT2D eigenvalue weighted by Gasteiger charge is 2.35. The topological polar surface area (TPSA) is 70.7 Å². The maximum absolute atomic E-state index is 12.7. The molecular weight excluding hydrogens is 386 g/mol. The number of nitrogens with zero attached hydrogens (tertiary/aromatic N) is 1. The summed E-state index contributed by atoms with van der Waals surface area (Å²) in [5.41, 5.74) is 5.08. The van der Waals surface area contributed by atoms with Crippen molar-refractivity contribution in [3.63, 3.8) is 0 Å². The third-order valence-corrected chi connectivity index (χ3v) is 5.63. The van der Waals surface area contributed by atoms with Gasteiger partial charge in [0, 0.05) is 25.0 Å². The van der Waals surface area contributed by atoms with Crippen LogP contribution in [-0.4, -0.2) is 42.1 Å². The first kappa shape index (κ1) is 19.5. The van der Waals surface area contributed by atoms with Gasteiger partial charge in [0.2, 0.25) is 0 Å². The maximum Gasteiger partial charge on any atom is 0.263 e. The van der Waals surface area contributed by atoms with E-state index in [0.717, 1.165) is 42.5 Å². The van der Waals surface area contributed by atoms with Crippen LogP contribution >= 0.6 is 12.2 Å². The highest BCUT2D eigenvalue weighted by molar-refractivity contribution is 7.80. The van der Waals surface area contributed by atoms with Crippen molar-refractivity contribution in [3.05, 3.63) is 64.4 Å². The molecule has 1 aromatic rings. The van der Waals surface area contributed by atoms with E-state index >= 15 is 0 Å². The van der Waals surface area contributed by atoms with E-state index in [0.29, 0.717) is 18.7 Å². The van der Waals surface area contributed by atoms with Crippen LogP contribution in [0.5, 0.6) is 0 Å². The van der Waals surface area contributed by atoms with Gasteiger partial charge in [0.1, 0.15) is 5.57 Å². The fraction of sp³-hybridized carbons (Fsp3) is 0.318. The molecule has 150 valence electrons. The summed E-state index contributed by atoms with van der Waals surface area (Å²) in [6, 6.07) is 10.0. The Hall–Kier alpha value is -2.77. The lowest BCUT2D eigenvalue weighted by Crippen LogP contribution is -2.52. The summed E-state index contributed by atoms with van der Waals surface area (Å²) in [6.07, 6.45) is 5.82. The van der Waals surface area contributed by atoms with Gasteiger partial charge in [0.05, 0.1) is 6.61 Å². The molecule has 2 amide bonds. The Labute approximate surface area is 175 Å². The highest BCUT2D eigenvalue weighted by atomic mass is 32.1.